The molecule has 0 amide bonds. The predicted molar refractivity (Wildman–Crippen MR) is 150 cm³/mol. The standard InChI is InChI=1S/C30H35F9N6O/c1-4-26(44-10-8-19(9-11-44)18-46-5-2)25-7-6-22(28(31,32)33)14-21(25)17-45(27-40-42-43(3)41-27)16-20-12-23(29(34,35)36)15-24(13-20)30(37,38)39/h6-7,12-15,19,26H,4-5,8-11,16-18H2,1-3H3. The molecule has 0 aliphatic carbocycles. The summed E-state index contributed by atoms with van der Waals surface area (Å²) in [5.74, 6) is 0.176. The summed E-state index contributed by atoms with van der Waals surface area (Å²) in [6, 6.07) is 4.22. The fourth-order valence-electron chi connectivity index (χ4n) is 5.77. The van der Waals surface area contributed by atoms with Crippen molar-refractivity contribution in [3.05, 3.63) is 69.8 Å². The van der Waals surface area contributed by atoms with Crippen LogP contribution in [0.15, 0.2) is 36.4 Å². The summed E-state index contributed by atoms with van der Waals surface area (Å²) in [5.41, 5.74) is -3.60. The number of hydrogen-bond donors (Lipinski definition) is 0. The van der Waals surface area contributed by atoms with E-state index in [2.05, 4.69) is 20.3 Å². The highest BCUT2D eigenvalue weighted by Gasteiger charge is 2.38. The molecule has 254 valence electrons. The van der Waals surface area contributed by atoms with Crippen molar-refractivity contribution >= 4 is 5.95 Å². The van der Waals surface area contributed by atoms with Gasteiger partial charge in [-0.1, -0.05) is 18.1 Å². The normalized spacial score (nSPS) is 16.2. The van der Waals surface area contributed by atoms with E-state index in [4.69, 9.17) is 4.74 Å². The lowest BCUT2D eigenvalue weighted by Gasteiger charge is -2.38. The quantitative estimate of drug-likeness (QED) is 0.196. The van der Waals surface area contributed by atoms with E-state index in [9.17, 15) is 39.5 Å². The molecule has 3 aromatic rings. The minimum absolute atomic E-state index is 0.0166. The van der Waals surface area contributed by atoms with Crippen LogP contribution >= 0.6 is 0 Å². The molecule has 1 saturated heterocycles. The number of aryl methyl sites for hydroxylation is 1. The van der Waals surface area contributed by atoms with Crippen LogP contribution in [0.5, 0.6) is 0 Å². The SMILES string of the molecule is CCOCC1CCN(C(CC)c2ccc(C(F)(F)F)cc2CN(Cc2cc(C(F)(F)F)cc(C(F)(F)F)c2)c2nnn(C)n2)CC1. The minimum Gasteiger partial charge on any atom is -0.381 e. The van der Waals surface area contributed by atoms with Gasteiger partial charge < -0.3 is 9.64 Å². The van der Waals surface area contributed by atoms with Crippen LogP contribution in [0.3, 0.4) is 0 Å². The van der Waals surface area contributed by atoms with Crippen LogP contribution in [-0.2, 0) is 43.4 Å². The lowest BCUT2D eigenvalue weighted by Crippen LogP contribution is -2.38. The summed E-state index contributed by atoms with van der Waals surface area (Å²) in [7, 11) is 1.40. The van der Waals surface area contributed by atoms with E-state index in [-0.39, 0.29) is 35.7 Å². The number of tetrazole rings is 1. The number of benzene rings is 2. The van der Waals surface area contributed by atoms with Gasteiger partial charge >= 0.3 is 18.5 Å². The summed E-state index contributed by atoms with van der Waals surface area (Å²) in [4.78, 5) is 4.44. The van der Waals surface area contributed by atoms with Crippen molar-refractivity contribution < 1.29 is 44.3 Å². The minimum atomic E-state index is -5.08. The first-order chi connectivity index (χ1) is 21.5. The number of halogens is 9. The summed E-state index contributed by atoms with van der Waals surface area (Å²) in [5, 5.41) is 11.7. The Labute approximate surface area is 260 Å². The molecular weight excluding hydrogens is 631 g/mol. The number of ether oxygens (including phenoxy) is 1. The third-order valence-corrected chi connectivity index (χ3v) is 8.03. The van der Waals surface area contributed by atoms with Gasteiger partial charge in [-0.05, 0) is 97.4 Å². The van der Waals surface area contributed by atoms with Gasteiger partial charge in [0.1, 0.15) is 0 Å². The van der Waals surface area contributed by atoms with Crippen LogP contribution in [0, 0.1) is 5.92 Å². The zero-order valence-corrected chi connectivity index (χ0v) is 25.5. The lowest BCUT2D eigenvalue weighted by molar-refractivity contribution is -0.143. The van der Waals surface area contributed by atoms with Crippen LogP contribution in [0.4, 0.5) is 45.5 Å². The first-order valence-electron chi connectivity index (χ1n) is 14.8. The van der Waals surface area contributed by atoms with Gasteiger partial charge in [-0.15, -0.1) is 5.10 Å². The molecule has 2 aromatic carbocycles. The van der Waals surface area contributed by atoms with Gasteiger partial charge in [-0.2, -0.15) is 44.3 Å². The van der Waals surface area contributed by atoms with E-state index in [0.717, 1.165) is 29.8 Å². The molecule has 7 nitrogen and oxygen atoms in total. The molecule has 0 saturated carbocycles. The fraction of sp³-hybridized carbons (Fsp3) is 0.567. The summed E-state index contributed by atoms with van der Waals surface area (Å²) < 4.78 is 129. The van der Waals surface area contributed by atoms with Crippen molar-refractivity contribution in [2.75, 3.05) is 31.2 Å². The molecule has 0 N–H and O–H groups in total. The second-order valence-corrected chi connectivity index (χ2v) is 11.3. The van der Waals surface area contributed by atoms with E-state index >= 15 is 0 Å². The average Bonchev–Trinajstić information content (AvgIpc) is 3.42. The van der Waals surface area contributed by atoms with Crippen LogP contribution in [0.2, 0.25) is 0 Å². The second kappa shape index (κ2) is 14.2. The third kappa shape index (κ3) is 8.90. The molecule has 1 unspecified atom stereocenters. The Kier molecular flexibility index (Phi) is 10.9. The van der Waals surface area contributed by atoms with Crippen molar-refractivity contribution in [1.82, 2.24) is 25.1 Å². The summed E-state index contributed by atoms with van der Waals surface area (Å²) in [6.45, 7) is 5.47. The van der Waals surface area contributed by atoms with Crippen molar-refractivity contribution in [2.45, 2.75) is 70.8 Å². The molecule has 1 fully saturated rings. The number of likely N-dealkylation sites (tertiary alicyclic amines) is 1. The van der Waals surface area contributed by atoms with Gasteiger partial charge in [-0.25, -0.2) is 0 Å². The van der Waals surface area contributed by atoms with Crippen LogP contribution in [-0.4, -0.2) is 51.4 Å². The number of piperidine rings is 1. The highest BCUT2D eigenvalue weighted by atomic mass is 19.4. The second-order valence-electron chi connectivity index (χ2n) is 11.3. The van der Waals surface area contributed by atoms with E-state index in [0.29, 0.717) is 56.3 Å². The molecule has 1 atom stereocenters. The van der Waals surface area contributed by atoms with Gasteiger partial charge in [0, 0.05) is 32.3 Å². The molecule has 46 heavy (non-hydrogen) atoms. The smallest absolute Gasteiger partial charge is 0.381 e. The average molecular weight is 667 g/mol. The molecule has 4 rings (SSSR count). The molecule has 0 spiro atoms. The molecule has 2 heterocycles. The maximum Gasteiger partial charge on any atom is 0.416 e. The van der Waals surface area contributed by atoms with Crippen molar-refractivity contribution in [3.63, 3.8) is 0 Å². The van der Waals surface area contributed by atoms with Crippen LogP contribution in [0.25, 0.3) is 0 Å². The van der Waals surface area contributed by atoms with Gasteiger partial charge in [-0.3, -0.25) is 4.90 Å². The summed E-state index contributed by atoms with van der Waals surface area (Å²) >= 11 is 0. The Morgan fingerprint density at radius 2 is 1.46 bits per heavy atom. The first kappa shape index (κ1) is 35.5. The number of rotatable bonds is 11. The Balaban J connectivity index is 1.75. The molecule has 1 aliphatic heterocycles. The molecule has 0 bridgehead atoms. The van der Waals surface area contributed by atoms with Gasteiger partial charge in [0.15, 0.2) is 0 Å². The predicted octanol–water partition coefficient (Wildman–Crippen LogP) is 7.67. The van der Waals surface area contributed by atoms with E-state index in [1.54, 1.807) is 0 Å². The Hall–Kier alpha value is -3.40. The number of aromatic nitrogens is 4. The fourth-order valence-corrected chi connectivity index (χ4v) is 5.77. The van der Waals surface area contributed by atoms with Gasteiger partial charge in [0.05, 0.1) is 23.7 Å². The van der Waals surface area contributed by atoms with Crippen molar-refractivity contribution in [1.29, 1.82) is 0 Å². The van der Waals surface area contributed by atoms with Crippen LogP contribution < -0.4 is 4.90 Å². The maximum atomic E-state index is 13.9. The first-order valence-corrected chi connectivity index (χ1v) is 14.8. The van der Waals surface area contributed by atoms with Crippen molar-refractivity contribution in [3.8, 4) is 0 Å². The van der Waals surface area contributed by atoms with Crippen molar-refractivity contribution in [2.24, 2.45) is 13.0 Å². The molecule has 1 aliphatic rings. The Bertz CT molecular complexity index is 1410. The molecular formula is C30H35F9N6O. The van der Waals surface area contributed by atoms with Gasteiger partial charge in [0.25, 0.3) is 5.95 Å². The number of anilines is 1. The number of nitrogens with zero attached hydrogens (tertiary/aromatic N) is 6. The third-order valence-electron chi connectivity index (χ3n) is 8.03. The van der Waals surface area contributed by atoms with Gasteiger partial charge in [0.2, 0.25) is 0 Å². The maximum absolute atomic E-state index is 13.9. The molecule has 16 heteroatoms. The highest BCUT2D eigenvalue weighted by Crippen LogP contribution is 2.39. The van der Waals surface area contributed by atoms with E-state index < -0.39 is 41.8 Å². The lowest BCUT2D eigenvalue weighted by atomic mass is 9.91. The Morgan fingerprint density at radius 1 is 0.848 bits per heavy atom. The molecule has 1 aromatic heterocycles. The molecule has 0 radical (unpaired) electrons. The van der Waals surface area contributed by atoms with E-state index in [1.807, 2.05) is 13.8 Å². The number of alkyl halides is 9. The summed E-state index contributed by atoms with van der Waals surface area (Å²) in [6.07, 6.45) is -12.7. The van der Waals surface area contributed by atoms with E-state index in [1.165, 1.54) is 18.0 Å². The van der Waals surface area contributed by atoms with Crippen LogP contribution in [0.1, 0.15) is 72.5 Å². The topological polar surface area (TPSA) is 59.3 Å². The largest absolute Gasteiger partial charge is 0.416 e. The zero-order chi connectivity index (χ0) is 33.9. The highest BCUT2D eigenvalue weighted by molar-refractivity contribution is 5.42. The Morgan fingerprint density at radius 3 is 1.96 bits per heavy atom. The monoisotopic (exact) mass is 666 g/mol. The number of hydrogen-bond acceptors (Lipinski definition) is 6. The zero-order valence-electron chi connectivity index (χ0n) is 25.5.